The zero-order chi connectivity index (χ0) is 13.8. The van der Waals surface area contributed by atoms with E-state index in [2.05, 4.69) is 31.9 Å². The van der Waals surface area contributed by atoms with Gasteiger partial charge in [0.05, 0.1) is 27.9 Å². The Kier molecular flexibility index (Phi) is 6.10. The highest BCUT2D eigenvalue weighted by Crippen LogP contribution is 2.34. The first-order valence-corrected chi connectivity index (χ1v) is 8.87. The van der Waals surface area contributed by atoms with Crippen LogP contribution in [0.2, 0.25) is 0 Å². The van der Waals surface area contributed by atoms with Crippen molar-refractivity contribution >= 4 is 41.7 Å². The van der Waals surface area contributed by atoms with Crippen molar-refractivity contribution in [2.24, 2.45) is 0 Å². The maximum Gasteiger partial charge on any atom is 0.147 e. The van der Waals surface area contributed by atoms with Gasteiger partial charge in [0.15, 0.2) is 0 Å². The summed E-state index contributed by atoms with van der Waals surface area (Å²) in [6.07, 6.45) is 1.65. The molecule has 1 aromatic rings. The third-order valence-electron chi connectivity index (χ3n) is 2.15. The number of hydrogen-bond donors (Lipinski definition) is 1. The van der Waals surface area contributed by atoms with Gasteiger partial charge in [0.1, 0.15) is 15.6 Å². The molecule has 4 nitrogen and oxygen atoms in total. The number of hydrogen-bond acceptors (Lipinski definition) is 4. The van der Waals surface area contributed by atoms with E-state index in [0.717, 1.165) is 14.5 Å². The molecule has 0 heterocycles. The Labute approximate surface area is 124 Å². The number of sulfone groups is 1. The highest BCUT2D eigenvalue weighted by Gasteiger charge is 2.09. The molecule has 0 fully saturated rings. The minimum atomic E-state index is -2.95. The zero-order valence-corrected chi connectivity index (χ0v) is 13.8. The van der Waals surface area contributed by atoms with Crippen LogP contribution in [0.15, 0.2) is 21.1 Å². The van der Waals surface area contributed by atoms with Gasteiger partial charge in [0, 0.05) is 6.26 Å². The quantitative estimate of drug-likeness (QED) is 0.744. The normalized spacial score (nSPS) is 11.6. The number of ether oxygens (including phenoxy) is 1. The number of aliphatic hydroxyl groups excluding tert-OH is 1. The maximum absolute atomic E-state index is 11.0. The second kappa shape index (κ2) is 6.88. The lowest BCUT2D eigenvalue weighted by molar-refractivity contribution is 0.280. The van der Waals surface area contributed by atoms with Crippen LogP contribution >= 0.6 is 31.9 Å². The lowest BCUT2D eigenvalue weighted by Crippen LogP contribution is -2.08. The van der Waals surface area contributed by atoms with Gasteiger partial charge in [-0.3, -0.25) is 0 Å². The summed E-state index contributed by atoms with van der Waals surface area (Å²) in [4.78, 5) is 0. The van der Waals surface area contributed by atoms with Crippen LogP contribution in [0.25, 0.3) is 0 Å². The van der Waals surface area contributed by atoms with E-state index in [9.17, 15) is 8.42 Å². The summed E-state index contributed by atoms with van der Waals surface area (Å²) in [7, 11) is -2.95. The van der Waals surface area contributed by atoms with E-state index in [1.807, 2.05) is 0 Å². The van der Waals surface area contributed by atoms with Crippen molar-refractivity contribution in [3.05, 3.63) is 26.6 Å². The van der Waals surface area contributed by atoms with Crippen LogP contribution in [-0.4, -0.2) is 32.1 Å². The van der Waals surface area contributed by atoms with Crippen molar-refractivity contribution in [1.29, 1.82) is 0 Å². The second-order valence-electron chi connectivity index (χ2n) is 3.88. The van der Waals surface area contributed by atoms with Crippen LogP contribution < -0.4 is 4.74 Å². The Morgan fingerprint density at radius 1 is 1.28 bits per heavy atom. The molecule has 102 valence electrons. The molecule has 18 heavy (non-hydrogen) atoms. The summed E-state index contributed by atoms with van der Waals surface area (Å²) in [5.41, 5.74) is 0.761. The molecule has 0 aliphatic rings. The van der Waals surface area contributed by atoms with Crippen LogP contribution in [0.1, 0.15) is 12.0 Å². The van der Waals surface area contributed by atoms with Gasteiger partial charge in [0.2, 0.25) is 0 Å². The first-order valence-electron chi connectivity index (χ1n) is 5.23. The van der Waals surface area contributed by atoms with Gasteiger partial charge in [-0.15, -0.1) is 0 Å². The Morgan fingerprint density at radius 2 is 1.83 bits per heavy atom. The van der Waals surface area contributed by atoms with Gasteiger partial charge in [-0.1, -0.05) is 0 Å². The predicted molar refractivity (Wildman–Crippen MR) is 77.6 cm³/mol. The van der Waals surface area contributed by atoms with E-state index in [1.165, 1.54) is 6.26 Å². The first kappa shape index (κ1) is 15.9. The summed E-state index contributed by atoms with van der Waals surface area (Å²) in [5, 5.41) is 9.03. The van der Waals surface area contributed by atoms with E-state index in [4.69, 9.17) is 9.84 Å². The summed E-state index contributed by atoms with van der Waals surface area (Å²) in [6.45, 7) is 0.272. The van der Waals surface area contributed by atoms with Crippen molar-refractivity contribution in [3.8, 4) is 5.75 Å². The molecule has 0 amide bonds. The van der Waals surface area contributed by atoms with Gasteiger partial charge in [0.25, 0.3) is 0 Å². The van der Waals surface area contributed by atoms with Crippen molar-refractivity contribution in [2.45, 2.75) is 13.0 Å². The summed E-state index contributed by atoms with van der Waals surface area (Å²) >= 11 is 6.69. The van der Waals surface area contributed by atoms with Gasteiger partial charge < -0.3 is 9.84 Å². The second-order valence-corrected chi connectivity index (χ2v) is 7.85. The van der Waals surface area contributed by atoms with E-state index in [1.54, 1.807) is 12.1 Å². The lowest BCUT2D eigenvalue weighted by atomic mass is 10.2. The SMILES string of the molecule is CS(=O)(=O)CCCOc1c(Br)cc(CO)cc1Br. The van der Waals surface area contributed by atoms with E-state index >= 15 is 0 Å². The van der Waals surface area contributed by atoms with Crippen molar-refractivity contribution in [1.82, 2.24) is 0 Å². The highest BCUT2D eigenvalue weighted by atomic mass is 79.9. The van der Waals surface area contributed by atoms with Crippen LogP contribution in [0, 0.1) is 0 Å². The molecule has 0 spiro atoms. The van der Waals surface area contributed by atoms with E-state index in [-0.39, 0.29) is 12.4 Å². The summed E-state index contributed by atoms with van der Waals surface area (Å²) in [5.74, 6) is 0.720. The minimum absolute atomic E-state index is 0.0500. The summed E-state index contributed by atoms with van der Waals surface area (Å²) in [6, 6.07) is 3.52. The molecule has 0 saturated heterocycles. The topological polar surface area (TPSA) is 63.6 Å². The van der Waals surface area contributed by atoms with Crippen LogP contribution in [0.3, 0.4) is 0 Å². The van der Waals surface area contributed by atoms with Gasteiger partial charge in [-0.25, -0.2) is 8.42 Å². The van der Waals surface area contributed by atoms with Gasteiger partial charge in [-0.2, -0.15) is 0 Å². The average molecular weight is 402 g/mol. The number of aliphatic hydroxyl groups is 1. The Hall–Kier alpha value is -0.110. The number of halogens is 2. The fraction of sp³-hybridized carbons (Fsp3) is 0.455. The third-order valence-corrected chi connectivity index (χ3v) is 4.35. The Morgan fingerprint density at radius 3 is 2.28 bits per heavy atom. The number of rotatable bonds is 6. The molecular weight excluding hydrogens is 388 g/mol. The predicted octanol–water partition coefficient (Wildman–Crippen LogP) is 2.52. The Balaban J connectivity index is 2.63. The van der Waals surface area contributed by atoms with Crippen molar-refractivity contribution in [3.63, 3.8) is 0 Å². The van der Waals surface area contributed by atoms with Crippen molar-refractivity contribution < 1.29 is 18.3 Å². The van der Waals surface area contributed by atoms with Crippen LogP contribution in [-0.2, 0) is 16.4 Å². The number of benzene rings is 1. The maximum atomic E-state index is 11.0. The van der Waals surface area contributed by atoms with Crippen LogP contribution in [0.4, 0.5) is 0 Å². The zero-order valence-electron chi connectivity index (χ0n) is 9.82. The minimum Gasteiger partial charge on any atom is -0.491 e. The molecule has 1 aromatic carbocycles. The molecule has 0 aromatic heterocycles. The van der Waals surface area contributed by atoms with E-state index in [0.29, 0.717) is 18.8 Å². The molecule has 0 unspecified atom stereocenters. The van der Waals surface area contributed by atoms with Crippen molar-refractivity contribution in [2.75, 3.05) is 18.6 Å². The molecule has 0 aliphatic carbocycles. The fourth-order valence-corrected chi connectivity index (χ4v) is 3.49. The summed E-state index contributed by atoms with van der Waals surface area (Å²) < 4.78 is 28.9. The highest BCUT2D eigenvalue weighted by molar-refractivity contribution is 9.11. The molecule has 0 bridgehead atoms. The fourth-order valence-electron chi connectivity index (χ4n) is 1.34. The smallest absolute Gasteiger partial charge is 0.147 e. The van der Waals surface area contributed by atoms with E-state index < -0.39 is 9.84 Å². The third kappa shape index (κ3) is 5.26. The largest absolute Gasteiger partial charge is 0.491 e. The molecular formula is C11H14Br2O4S. The first-order chi connectivity index (χ1) is 8.33. The standard InChI is InChI=1S/C11H14Br2O4S/c1-18(15,16)4-2-3-17-11-9(12)5-8(7-14)6-10(11)13/h5-6,14H,2-4,7H2,1H3. The van der Waals surface area contributed by atoms with Crippen LogP contribution in [0.5, 0.6) is 5.75 Å². The Bertz CT molecular complexity index is 491. The molecule has 0 atom stereocenters. The molecule has 1 rings (SSSR count). The molecule has 0 saturated carbocycles. The lowest BCUT2D eigenvalue weighted by Gasteiger charge is -2.11. The monoisotopic (exact) mass is 400 g/mol. The molecule has 1 N–H and O–H groups in total. The molecule has 0 aliphatic heterocycles. The molecule has 7 heteroatoms. The average Bonchev–Trinajstić information content (AvgIpc) is 2.25. The van der Waals surface area contributed by atoms with Gasteiger partial charge in [-0.05, 0) is 56.0 Å². The van der Waals surface area contributed by atoms with Gasteiger partial charge >= 0.3 is 0 Å². The molecule has 0 radical (unpaired) electrons.